The van der Waals surface area contributed by atoms with E-state index >= 15 is 0 Å². The van der Waals surface area contributed by atoms with Crippen molar-refractivity contribution in [3.05, 3.63) is 0 Å². The molecule has 4 heteroatoms. The highest BCUT2D eigenvalue weighted by atomic mass is 16.5. The van der Waals surface area contributed by atoms with Gasteiger partial charge in [0.05, 0.1) is 18.8 Å². The van der Waals surface area contributed by atoms with Crippen molar-refractivity contribution in [2.45, 2.75) is 45.4 Å². The van der Waals surface area contributed by atoms with Gasteiger partial charge in [0, 0.05) is 19.1 Å². The van der Waals surface area contributed by atoms with Gasteiger partial charge in [-0.3, -0.25) is 4.90 Å². The SMILES string of the molecule is CCN(CC(O)COC(C)C)C1CCNC1. The second-order valence-electron chi connectivity index (χ2n) is 4.77. The van der Waals surface area contributed by atoms with Crippen LogP contribution in [0.3, 0.4) is 0 Å². The number of ether oxygens (including phenoxy) is 1. The van der Waals surface area contributed by atoms with Crippen molar-refractivity contribution in [3.8, 4) is 0 Å². The molecule has 0 saturated carbocycles. The number of rotatable bonds is 7. The van der Waals surface area contributed by atoms with E-state index in [0.29, 0.717) is 12.6 Å². The molecule has 2 N–H and O–H groups in total. The Morgan fingerprint density at radius 2 is 2.25 bits per heavy atom. The maximum atomic E-state index is 9.87. The molecule has 16 heavy (non-hydrogen) atoms. The van der Waals surface area contributed by atoms with Crippen LogP contribution in [0.1, 0.15) is 27.2 Å². The van der Waals surface area contributed by atoms with Gasteiger partial charge in [-0.1, -0.05) is 6.92 Å². The zero-order valence-electron chi connectivity index (χ0n) is 10.8. The third-order valence-electron chi connectivity index (χ3n) is 3.02. The molecule has 0 bridgehead atoms. The molecule has 4 nitrogen and oxygen atoms in total. The van der Waals surface area contributed by atoms with E-state index in [0.717, 1.165) is 26.2 Å². The maximum absolute atomic E-state index is 9.87. The first kappa shape index (κ1) is 13.9. The second kappa shape index (κ2) is 7.22. The smallest absolute Gasteiger partial charge is 0.0900 e. The van der Waals surface area contributed by atoms with Gasteiger partial charge >= 0.3 is 0 Å². The van der Waals surface area contributed by atoms with Gasteiger partial charge in [0.1, 0.15) is 0 Å². The van der Waals surface area contributed by atoms with Crippen molar-refractivity contribution < 1.29 is 9.84 Å². The largest absolute Gasteiger partial charge is 0.389 e. The number of nitrogens with zero attached hydrogens (tertiary/aromatic N) is 1. The molecule has 0 amide bonds. The fraction of sp³-hybridized carbons (Fsp3) is 1.00. The summed E-state index contributed by atoms with van der Waals surface area (Å²) in [4.78, 5) is 2.34. The summed E-state index contributed by atoms with van der Waals surface area (Å²) < 4.78 is 5.42. The maximum Gasteiger partial charge on any atom is 0.0900 e. The van der Waals surface area contributed by atoms with Crippen molar-refractivity contribution in [2.75, 3.05) is 32.8 Å². The zero-order valence-corrected chi connectivity index (χ0v) is 10.8. The lowest BCUT2D eigenvalue weighted by molar-refractivity contribution is -0.0124. The van der Waals surface area contributed by atoms with Gasteiger partial charge in [-0.2, -0.15) is 0 Å². The van der Waals surface area contributed by atoms with Crippen LogP contribution in [0.2, 0.25) is 0 Å². The summed E-state index contributed by atoms with van der Waals surface area (Å²) in [5, 5.41) is 13.2. The summed E-state index contributed by atoms with van der Waals surface area (Å²) >= 11 is 0. The fourth-order valence-corrected chi connectivity index (χ4v) is 2.11. The number of aliphatic hydroxyl groups excluding tert-OH is 1. The molecule has 0 spiro atoms. The highest BCUT2D eigenvalue weighted by Gasteiger charge is 2.22. The van der Waals surface area contributed by atoms with Gasteiger partial charge in [0.15, 0.2) is 0 Å². The van der Waals surface area contributed by atoms with Crippen LogP contribution in [0.25, 0.3) is 0 Å². The van der Waals surface area contributed by atoms with Crippen LogP contribution in [0, 0.1) is 0 Å². The Morgan fingerprint density at radius 3 is 2.75 bits per heavy atom. The number of hydrogen-bond acceptors (Lipinski definition) is 4. The quantitative estimate of drug-likeness (QED) is 0.667. The second-order valence-corrected chi connectivity index (χ2v) is 4.77. The molecule has 1 heterocycles. The van der Waals surface area contributed by atoms with Crippen molar-refractivity contribution >= 4 is 0 Å². The van der Waals surface area contributed by atoms with Crippen LogP contribution < -0.4 is 5.32 Å². The van der Waals surface area contributed by atoms with Crippen LogP contribution in [0.5, 0.6) is 0 Å². The summed E-state index contributed by atoms with van der Waals surface area (Å²) in [6, 6.07) is 0.582. The molecular weight excluding hydrogens is 204 g/mol. The van der Waals surface area contributed by atoms with Gasteiger partial charge in [-0.25, -0.2) is 0 Å². The number of nitrogens with one attached hydrogen (secondary N) is 1. The summed E-state index contributed by atoms with van der Waals surface area (Å²) in [5.41, 5.74) is 0. The number of hydrogen-bond donors (Lipinski definition) is 2. The summed E-state index contributed by atoms with van der Waals surface area (Å²) in [6.45, 7) is 10.4. The Balaban J connectivity index is 2.25. The molecule has 1 aliphatic heterocycles. The molecule has 1 rings (SSSR count). The van der Waals surface area contributed by atoms with E-state index in [-0.39, 0.29) is 12.2 Å². The van der Waals surface area contributed by atoms with Crippen LogP contribution >= 0.6 is 0 Å². The highest BCUT2D eigenvalue weighted by Crippen LogP contribution is 2.09. The lowest BCUT2D eigenvalue weighted by Crippen LogP contribution is -2.43. The van der Waals surface area contributed by atoms with Crippen molar-refractivity contribution in [1.29, 1.82) is 0 Å². The van der Waals surface area contributed by atoms with E-state index in [1.807, 2.05) is 13.8 Å². The van der Waals surface area contributed by atoms with Crippen LogP contribution in [-0.4, -0.2) is 61.0 Å². The predicted molar refractivity (Wildman–Crippen MR) is 65.6 cm³/mol. The van der Waals surface area contributed by atoms with Crippen LogP contribution in [0.4, 0.5) is 0 Å². The normalized spacial score (nSPS) is 23.2. The third-order valence-corrected chi connectivity index (χ3v) is 3.02. The van der Waals surface area contributed by atoms with Gasteiger partial charge in [0.2, 0.25) is 0 Å². The Bertz CT molecular complexity index is 182. The molecule has 2 unspecified atom stereocenters. The molecule has 96 valence electrons. The van der Waals surface area contributed by atoms with Crippen LogP contribution in [-0.2, 0) is 4.74 Å². The molecule has 1 saturated heterocycles. The van der Waals surface area contributed by atoms with Gasteiger partial charge in [-0.05, 0) is 33.4 Å². The minimum Gasteiger partial charge on any atom is -0.389 e. The molecule has 1 fully saturated rings. The van der Waals surface area contributed by atoms with E-state index in [1.54, 1.807) is 0 Å². The first-order valence-electron chi connectivity index (χ1n) is 6.38. The average Bonchev–Trinajstić information content (AvgIpc) is 2.76. The van der Waals surface area contributed by atoms with Gasteiger partial charge < -0.3 is 15.2 Å². The predicted octanol–water partition coefficient (Wildman–Crippen LogP) is 0.456. The van der Waals surface area contributed by atoms with Gasteiger partial charge in [0.25, 0.3) is 0 Å². The summed E-state index contributed by atoms with van der Waals surface area (Å²) in [5.74, 6) is 0. The molecule has 0 radical (unpaired) electrons. The first-order chi connectivity index (χ1) is 7.63. The van der Waals surface area contributed by atoms with E-state index in [4.69, 9.17) is 4.74 Å². The Hall–Kier alpha value is -0.160. The Morgan fingerprint density at radius 1 is 1.50 bits per heavy atom. The van der Waals surface area contributed by atoms with E-state index in [2.05, 4.69) is 17.1 Å². The molecule has 0 aromatic heterocycles. The topological polar surface area (TPSA) is 44.7 Å². The molecular formula is C12H26N2O2. The molecule has 0 aromatic carbocycles. The minimum atomic E-state index is -0.372. The summed E-state index contributed by atoms with van der Waals surface area (Å²) in [7, 11) is 0. The van der Waals surface area contributed by atoms with Crippen LogP contribution in [0.15, 0.2) is 0 Å². The highest BCUT2D eigenvalue weighted by molar-refractivity contribution is 4.81. The van der Waals surface area contributed by atoms with Crippen molar-refractivity contribution in [1.82, 2.24) is 10.2 Å². The number of likely N-dealkylation sites (N-methyl/N-ethyl adjacent to an activating group) is 1. The van der Waals surface area contributed by atoms with Crippen molar-refractivity contribution in [2.24, 2.45) is 0 Å². The summed E-state index contributed by atoms with van der Waals surface area (Å²) in [6.07, 6.45) is 1.01. The monoisotopic (exact) mass is 230 g/mol. The van der Waals surface area contributed by atoms with E-state index < -0.39 is 0 Å². The lowest BCUT2D eigenvalue weighted by Gasteiger charge is -2.29. The fourth-order valence-electron chi connectivity index (χ4n) is 2.11. The van der Waals surface area contributed by atoms with Gasteiger partial charge in [-0.15, -0.1) is 0 Å². The Labute approximate surface area is 99.0 Å². The minimum absolute atomic E-state index is 0.192. The van der Waals surface area contributed by atoms with E-state index in [9.17, 15) is 5.11 Å². The molecule has 0 aromatic rings. The molecule has 0 aliphatic carbocycles. The zero-order chi connectivity index (χ0) is 12.0. The Kier molecular flexibility index (Phi) is 6.28. The first-order valence-corrected chi connectivity index (χ1v) is 6.38. The lowest BCUT2D eigenvalue weighted by atomic mass is 10.2. The van der Waals surface area contributed by atoms with E-state index in [1.165, 1.54) is 6.42 Å². The average molecular weight is 230 g/mol. The standard InChI is InChI=1S/C12H26N2O2/c1-4-14(11-5-6-13-7-11)8-12(15)9-16-10(2)3/h10-13,15H,4-9H2,1-3H3. The molecule has 2 atom stereocenters. The molecule has 1 aliphatic rings. The third kappa shape index (κ3) is 4.78. The number of aliphatic hydroxyl groups is 1. The van der Waals surface area contributed by atoms with Crippen molar-refractivity contribution in [3.63, 3.8) is 0 Å².